The van der Waals surface area contributed by atoms with Gasteiger partial charge in [0.2, 0.25) is 0 Å². The van der Waals surface area contributed by atoms with Crippen LogP contribution in [0.4, 0.5) is 0 Å². The average Bonchev–Trinajstić information content (AvgIpc) is 3.33. The Balaban J connectivity index is 1.53. The molecule has 0 radical (unpaired) electrons. The molecule has 8 atom stereocenters. The van der Waals surface area contributed by atoms with Crippen molar-refractivity contribution in [2.24, 2.45) is 28.1 Å². The van der Waals surface area contributed by atoms with Gasteiger partial charge in [-0.2, -0.15) is 0 Å². The fourth-order valence-electron chi connectivity index (χ4n) is 8.49. The first kappa shape index (κ1) is 21.1. The van der Waals surface area contributed by atoms with Crippen molar-refractivity contribution in [3.05, 3.63) is 36.3 Å². The standard InChI is InChI=1S/C26H30O7/c1-22(2)16-12-17(27)25(5)15(23(16,3)9-7-18(28)32-22)6-10-24(4)19(14-8-11-30-13-14)31-21(29)20-26(24,25)33-20/h7-9,11,13,15-16,19-20H,6,10,12H2,1-5H3/t15?,16?,19-,20+,23+,24-,25-,26?/m0/s1. The molecule has 176 valence electrons. The number of fused-ring (bicyclic) bond motifs is 3. The van der Waals surface area contributed by atoms with Crippen molar-refractivity contribution in [3.63, 3.8) is 0 Å². The Bertz CT molecular complexity index is 1100. The Hall–Kier alpha value is -2.41. The number of epoxide rings is 1. The lowest BCUT2D eigenvalue weighted by molar-refractivity contribution is -0.215. The van der Waals surface area contributed by atoms with Crippen LogP contribution in [-0.4, -0.2) is 35.0 Å². The van der Waals surface area contributed by atoms with Crippen LogP contribution in [0.15, 0.2) is 35.2 Å². The molecule has 1 aromatic heterocycles. The van der Waals surface area contributed by atoms with E-state index >= 15 is 0 Å². The molecule has 0 amide bonds. The van der Waals surface area contributed by atoms with Crippen molar-refractivity contribution < 1.29 is 33.0 Å². The summed E-state index contributed by atoms with van der Waals surface area (Å²) in [6.07, 6.45) is 7.04. The van der Waals surface area contributed by atoms with Gasteiger partial charge in [0.05, 0.1) is 17.9 Å². The average molecular weight is 455 g/mol. The zero-order valence-corrected chi connectivity index (χ0v) is 19.7. The maximum atomic E-state index is 14.1. The van der Waals surface area contributed by atoms with Gasteiger partial charge < -0.3 is 18.6 Å². The number of hydrogen-bond acceptors (Lipinski definition) is 7. The Morgan fingerprint density at radius 3 is 2.45 bits per heavy atom. The summed E-state index contributed by atoms with van der Waals surface area (Å²) >= 11 is 0. The second kappa shape index (κ2) is 5.98. The van der Waals surface area contributed by atoms with E-state index in [-0.39, 0.29) is 30.0 Å². The molecule has 0 bridgehead atoms. The van der Waals surface area contributed by atoms with Crippen LogP contribution in [0.25, 0.3) is 0 Å². The summed E-state index contributed by atoms with van der Waals surface area (Å²) in [5.74, 6) is -1.02. The molecule has 33 heavy (non-hydrogen) atoms. The molecule has 2 saturated heterocycles. The van der Waals surface area contributed by atoms with Crippen molar-refractivity contribution in [1.29, 1.82) is 0 Å². The third-order valence-corrected chi connectivity index (χ3v) is 10.0. The van der Waals surface area contributed by atoms with Crippen molar-refractivity contribution in [3.8, 4) is 0 Å². The van der Waals surface area contributed by atoms with Gasteiger partial charge in [0.1, 0.15) is 23.1 Å². The van der Waals surface area contributed by atoms with Gasteiger partial charge in [0, 0.05) is 29.4 Å². The van der Waals surface area contributed by atoms with Gasteiger partial charge in [-0.05, 0) is 51.0 Å². The molecular weight excluding hydrogens is 424 g/mol. The highest BCUT2D eigenvalue weighted by molar-refractivity contribution is 5.93. The second-order valence-electron chi connectivity index (χ2n) is 11.7. The highest BCUT2D eigenvalue weighted by Gasteiger charge is 2.88. The lowest BCUT2D eigenvalue weighted by atomic mass is 9.37. The maximum Gasteiger partial charge on any atom is 0.339 e. The first-order valence-electron chi connectivity index (χ1n) is 11.8. The van der Waals surface area contributed by atoms with Crippen LogP contribution in [0.3, 0.4) is 0 Å². The largest absolute Gasteiger partial charge is 0.472 e. The van der Waals surface area contributed by atoms with Gasteiger partial charge in [-0.1, -0.05) is 19.9 Å². The number of carbonyl (C=O) groups is 3. The number of esters is 2. The number of ether oxygens (including phenoxy) is 3. The van der Waals surface area contributed by atoms with E-state index in [0.29, 0.717) is 6.42 Å². The Kier molecular flexibility index (Phi) is 3.83. The minimum Gasteiger partial charge on any atom is -0.472 e. The van der Waals surface area contributed by atoms with Gasteiger partial charge in [0.15, 0.2) is 6.10 Å². The molecular formula is C26H30O7. The molecule has 3 unspecified atom stereocenters. The molecule has 4 heterocycles. The number of Topliss-reactive ketones (excluding diaryl/α,β-unsaturated/α-hetero) is 1. The predicted octanol–water partition coefficient (Wildman–Crippen LogP) is 3.92. The topological polar surface area (TPSA) is 95.3 Å². The molecule has 3 aliphatic heterocycles. The second-order valence-corrected chi connectivity index (χ2v) is 11.7. The first-order valence-corrected chi connectivity index (χ1v) is 11.8. The minimum absolute atomic E-state index is 0.0727. The normalized spacial score (nSPS) is 49.5. The number of carbonyl (C=O) groups excluding carboxylic acids is 3. The molecule has 1 spiro atoms. The molecule has 7 heteroatoms. The number of cyclic esters (lactones) is 2. The third-order valence-electron chi connectivity index (χ3n) is 10.0. The Morgan fingerprint density at radius 2 is 1.76 bits per heavy atom. The summed E-state index contributed by atoms with van der Waals surface area (Å²) in [5, 5.41) is 0. The minimum atomic E-state index is -0.958. The molecule has 4 fully saturated rings. The van der Waals surface area contributed by atoms with E-state index in [0.717, 1.165) is 12.0 Å². The molecule has 2 saturated carbocycles. The highest BCUT2D eigenvalue weighted by Crippen LogP contribution is 2.78. The molecule has 0 N–H and O–H groups in total. The molecule has 0 aromatic carbocycles. The van der Waals surface area contributed by atoms with E-state index < -0.39 is 45.6 Å². The van der Waals surface area contributed by atoms with E-state index in [1.54, 1.807) is 12.5 Å². The van der Waals surface area contributed by atoms with Crippen molar-refractivity contribution in [1.82, 2.24) is 0 Å². The summed E-state index contributed by atoms with van der Waals surface area (Å²) in [5.41, 5.74) is -2.94. The highest BCUT2D eigenvalue weighted by atomic mass is 16.7. The molecule has 7 nitrogen and oxygen atoms in total. The quantitative estimate of drug-likeness (QED) is 0.469. The van der Waals surface area contributed by atoms with Gasteiger partial charge >= 0.3 is 11.9 Å². The number of hydrogen-bond donors (Lipinski definition) is 0. The number of allylic oxidation sites excluding steroid dienone is 1. The number of ketones is 1. The SMILES string of the molecule is CC1(C)OC(=O)C=C[C@@]2(C)C1CC(=O)[C@]1(C)C2CC[C@@]2(C)[C@H](c3ccoc3)OC(=O)[C@H]3OC321. The van der Waals surface area contributed by atoms with Crippen LogP contribution in [-0.2, 0) is 28.6 Å². The summed E-state index contributed by atoms with van der Waals surface area (Å²) in [6, 6.07) is 1.81. The smallest absolute Gasteiger partial charge is 0.339 e. The van der Waals surface area contributed by atoms with Crippen LogP contribution in [0.1, 0.15) is 65.5 Å². The first-order chi connectivity index (χ1) is 15.4. The van der Waals surface area contributed by atoms with E-state index in [1.807, 2.05) is 32.9 Å². The fraction of sp³-hybridized carbons (Fsp3) is 0.654. The van der Waals surface area contributed by atoms with Gasteiger partial charge in [-0.3, -0.25) is 4.79 Å². The maximum absolute atomic E-state index is 14.1. The van der Waals surface area contributed by atoms with Crippen LogP contribution in [0.2, 0.25) is 0 Å². The predicted molar refractivity (Wildman–Crippen MR) is 115 cm³/mol. The monoisotopic (exact) mass is 454 g/mol. The zero-order valence-electron chi connectivity index (χ0n) is 19.7. The van der Waals surface area contributed by atoms with E-state index in [1.165, 1.54) is 6.08 Å². The summed E-state index contributed by atoms with van der Waals surface area (Å²) in [6.45, 7) is 9.99. The fourth-order valence-corrected chi connectivity index (χ4v) is 8.49. The zero-order chi connectivity index (χ0) is 23.6. The lowest BCUT2D eigenvalue weighted by Crippen LogP contribution is -2.71. The summed E-state index contributed by atoms with van der Waals surface area (Å²) in [7, 11) is 0. The summed E-state index contributed by atoms with van der Waals surface area (Å²) < 4.78 is 23.3. The van der Waals surface area contributed by atoms with E-state index in [9.17, 15) is 14.4 Å². The van der Waals surface area contributed by atoms with Gasteiger partial charge in [-0.25, -0.2) is 9.59 Å². The van der Waals surface area contributed by atoms with Crippen LogP contribution >= 0.6 is 0 Å². The molecule has 2 aliphatic carbocycles. The van der Waals surface area contributed by atoms with Crippen molar-refractivity contribution in [2.45, 2.75) is 77.3 Å². The van der Waals surface area contributed by atoms with Crippen molar-refractivity contribution >= 4 is 17.7 Å². The third kappa shape index (κ3) is 2.23. The molecule has 1 aromatic rings. The Morgan fingerprint density at radius 1 is 1.00 bits per heavy atom. The van der Waals surface area contributed by atoms with E-state index in [2.05, 4.69) is 13.8 Å². The van der Waals surface area contributed by atoms with E-state index in [4.69, 9.17) is 18.6 Å². The van der Waals surface area contributed by atoms with Crippen LogP contribution < -0.4 is 0 Å². The Labute approximate surface area is 192 Å². The molecule has 5 aliphatic rings. The van der Waals surface area contributed by atoms with Crippen LogP contribution in [0.5, 0.6) is 0 Å². The lowest BCUT2D eigenvalue weighted by Gasteiger charge is -2.64. The van der Waals surface area contributed by atoms with Crippen molar-refractivity contribution in [2.75, 3.05) is 0 Å². The van der Waals surface area contributed by atoms with Gasteiger partial charge in [0.25, 0.3) is 0 Å². The summed E-state index contributed by atoms with van der Waals surface area (Å²) in [4.78, 5) is 39.6. The van der Waals surface area contributed by atoms with Crippen LogP contribution in [0, 0.1) is 28.1 Å². The van der Waals surface area contributed by atoms with Gasteiger partial charge in [-0.15, -0.1) is 0 Å². The molecule has 6 rings (SSSR count). The number of rotatable bonds is 1. The number of furan rings is 1.